The zero-order valence-corrected chi connectivity index (χ0v) is 12.0. The van der Waals surface area contributed by atoms with Crippen LogP contribution in [0.15, 0.2) is 23.4 Å². The van der Waals surface area contributed by atoms with Gasteiger partial charge in [-0.15, -0.1) is 0 Å². The summed E-state index contributed by atoms with van der Waals surface area (Å²) in [6.45, 7) is 1.51. The van der Waals surface area contributed by atoms with Crippen molar-refractivity contribution in [1.82, 2.24) is 0 Å². The standard InChI is InChI=1S/C14H19ClN2O3/c15-13-9-11(5-6-12(13)14(16)17-18)20-8-2-4-10-3-1-7-19-10/h5-6,9-10,18H,1-4,7-8H2,(H2,16,17). The Morgan fingerprint density at radius 1 is 1.55 bits per heavy atom. The summed E-state index contributed by atoms with van der Waals surface area (Å²) in [5, 5.41) is 11.9. The Morgan fingerprint density at radius 3 is 3.05 bits per heavy atom. The molecule has 1 unspecified atom stereocenters. The maximum Gasteiger partial charge on any atom is 0.171 e. The lowest BCUT2D eigenvalue weighted by Crippen LogP contribution is -2.13. The molecule has 2 rings (SSSR count). The molecule has 0 amide bonds. The van der Waals surface area contributed by atoms with Crippen LogP contribution < -0.4 is 10.5 Å². The van der Waals surface area contributed by atoms with E-state index >= 15 is 0 Å². The lowest BCUT2D eigenvalue weighted by atomic mass is 10.1. The summed E-state index contributed by atoms with van der Waals surface area (Å²) in [7, 11) is 0. The molecule has 3 N–H and O–H groups in total. The number of ether oxygens (including phenoxy) is 2. The molecular weight excluding hydrogens is 280 g/mol. The van der Waals surface area contributed by atoms with Gasteiger partial charge in [0.25, 0.3) is 0 Å². The summed E-state index contributed by atoms with van der Waals surface area (Å²) in [6.07, 6.45) is 4.68. The summed E-state index contributed by atoms with van der Waals surface area (Å²) < 4.78 is 11.2. The van der Waals surface area contributed by atoms with Gasteiger partial charge in [0.15, 0.2) is 5.84 Å². The third-order valence-corrected chi connectivity index (χ3v) is 3.60. The van der Waals surface area contributed by atoms with Crippen LogP contribution >= 0.6 is 11.6 Å². The van der Waals surface area contributed by atoms with Crippen LogP contribution in [0.5, 0.6) is 5.75 Å². The molecule has 0 radical (unpaired) electrons. The van der Waals surface area contributed by atoms with Crippen LogP contribution in [-0.4, -0.2) is 30.4 Å². The second-order valence-corrected chi connectivity index (χ2v) is 5.16. The van der Waals surface area contributed by atoms with Crippen LogP contribution in [0.4, 0.5) is 0 Å². The summed E-state index contributed by atoms with van der Waals surface area (Å²) in [5.41, 5.74) is 5.98. The number of hydrogen-bond donors (Lipinski definition) is 2. The van der Waals surface area contributed by atoms with Gasteiger partial charge in [-0.25, -0.2) is 0 Å². The van der Waals surface area contributed by atoms with E-state index in [4.69, 9.17) is 32.0 Å². The Balaban J connectivity index is 1.79. The van der Waals surface area contributed by atoms with Crippen molar-refractivity contribution in [2.24, 2.45) is 10.9 Å². The molecular formula is C14H19ClN2O3. The van der Waals surface area contributed by atoms with Crippen molar-refractivity contribution in [1.29, 1.82) is 0 Å². The number of benzene rings is 1. The minimum atomic E-state index is -0.0140. The van der Waals surface area contributed by atoms with Gasteiger partial charge in [-0.1, -0.05) is 16.8 Å². The first-order valence-corrected chi connectivity index (χ1v) is 7.10. The highest BCUT2D eigenvalue weighted by Gasteiger charge is 2.14. The van der Waals surface area contributed by atoms with Crippen LogP contribution in [0.3, 0.4) is 0 Å². The Hall–Kier alpha value is -1.46. The van der Waals surface area contributed by atoms with Crippen molar-refractivity contribution in [3.8, 4) is 5.75 Å². The molecule has 110 valence electrons. The smallest absolute Gasteiger partial charge is 0.171 e. The summed E-state index contributed by atoms with van der Waals surface area (Å²) in [5.74, 6) is 0.664. The molecule has 1 aromatic carbocycles. The summed E-state index contributed by atoms with van der Waals surface area (Å²) >= 11 is 6.05. The van der Waals surface area contributed by atoms with Gasteiger partial charge in [-0.2, -0.15) is 0 Å². The SMILES string of the molecule is N/C(=N/O)c1ccc(OCCCC2CCCO2)cc1Cl. The Kier molecular flexibility index (Phi) is 5.49. The molecule has 6 heteroatoms. The molecule has 1 saturated heterocycles. The summed E-state index contributed by atoms with van der Waals surface area (Å²) in [4.78, 5) is 0. The van der Waals surface area contributed by atoms with Crippen molar-refractivity contribution in [2.75, 3.05) is 13.2 Å². The molecule has 1 atom stereocenters. The largest absolute Gasteiger partial charge is 0.494 e. The van der Waals surface area contributed by atoms with Gasteiger partial charge in [-0.3, -0.25) is 0 Å². The van der Waals surface area contributed by atoms with Crippen LogP contribution in [0, 0.1) is 0 Å². The van der Waals surface area contributed by atoms with Crippen LogP contribution in [0.25, 0.3) is 0 Å². The van der Waals surface area contributed by atoms with E-state index in [1.54, 1.807) is 18.2 Å². The van der Waals surface area contributed by atoms with E-state index < -0.39 is 0 Å². The van der Waals surface area contributed by atoms with Crippen molar-refractivity contribution < 1.29 is 14.7 Å². The Bertz CT molecular complexity index is 473. The number of rotatable bonds is 6. The lowest BCUT2D eigenvalue weighted by molar-refractivity contribution is 0.0981. The number of amidine groups is 1. The molecule has 0 spiro atoms. The molecule has 0 bridgehead atoms. The molecule has 20 heavy (non-hydrogen) atoms. The molecule has 0 aliphatic carbocycles. The van der Waals surface area contributed by atoms with E-state index in [0.717, 1.165) is 32.3 Å². The average Bonchev–Trinajstić information content (AvgIpc) is 2.96. The first kappa shape index (κ1) is 14.9. The summed E-state index contributed by atoms with van der Waals surface area (Å²) in [6, 6.07) is 5.10. The third kappa shape index (κ3) is 4.02. The van der Waals surface area contributed by atoms with Crippen LogP contribution in [-0.2, 0) is 4.74 Å². The molecule has 1 heterocycles. The van der Waals surface area contributed by atoms with Crippen molar-refractivity contribution in [3.05, 3.63) is 28.8 Å². The predicted octanol–water partition coefficient (Wildman–Crippen LogP) is 2.77. The van der Waals surface area contributed by atoms with Crippen LogP contribution in [0.1, 0.15) is 31.2 Å². The van der Waals surface area contributed by atoms with Gasteiger partial charge in [-0.05, 0) is 43.9 Å². The number of nitrogens with two attached hydrogens (primary N) is 1. The lowest BCUT2D eigenvalue weighted by Gasteiger charge is -2.11. The maximum atomic E-state index is 8.62. The van der Waals surface area contributed by atoms with Gasteiger partial charge in [0.2, 0.25) is 0 Å². The van der Waals surface area contributed by atoms with Gasteiger partial charge in [0, 0.05) is 12.2 Å². The molecule has 1 fully saturated rings. The molecule has 1 aliphatic rings. The number of nitrogens with zero attached hydrogens (tertiary/aromatic N) is 1. The van der Waals surface area contributed by atoms with E-state index in [-0.39, 0.29) is 5.84 Å². The predicted molar refractivity (Wildman–Crippen MR) is 77.7 cm³/mol. The van der Waals surface area contributed by atoms with E-state index in [2.05, 4.69) is 5.16 Å². The van der Waals surface area contributed by atoms with E-state index in [1.165, 1.54) is 0 Å². The zero-order chi connectivity index (χ0) is 14.4. The minimum absolute atomic E-state index is 0.0140. The topological polar surface area (TPSA) is 77.1 Å². The van der Waals surface area contributed by atoms with Gasteiger partial charge in [0.1, 0.15) is 5.75 Å². The Morgan fingerprint density at radius 2 is 2.40 bits per heavy atom. The number of hydrogen-bond acceptors (Lipinski definition) is 4. The normalized spacial score (nSPS) is 19.2. The number of oxime groups is 1. The van der Waals surface area contributed by atoms with Gasteiger partial charge < -0.3 is 20.4 Å². The highest BCUT2D eigenvalue weighted by Crippen LogP contribution is 2.23. The molecule has 1 aromatic rings. The van der Waals surface area contributed by atoms with Crippen molar-refractivity contribution >= 4 is 17.4 Å². The maximum absolute atomic E-state index is 8.62. The second-order valence-electron chi connectivity index (χ2n) is 4.75. The minimum Gasteiger partial charge on any atom is -0.494 e. The fourth-order valence-corrected chi connectivity index (χ4v) is 2.49. The van der Waals surface area contributed by atoms with E-state index in [1.807, 2.05) is 0 Å². The van der Waals surface area contributed by atoms with Gasteiger partial charge in [0.05, 0.1) is 17.7 Å². The van der Waals surface area contributed by atoms with Crippen LogP contribution in [0.2, 0.25) is 5.02 Å². The molecule has 0 saturated carbocycles. The number of halogens is 1. The fourth-order valence-electron chi connectivity index (χ4n) is 2.22. The highest BCUT2D eigenvalue weighted by molar-refractivity contribution is 6.34. The first-order chi connectivity index (χ1) is 9.70. The van der Waals surface area contributed by atoms with E-state index in [0.29, 0.717) is 29.0 Å². The first-order valence-electron chi connectivity index (χ1n) is 6.72. The highest BCUT2D eigenvalue weighted by atomic mass is 35.5. The van der Waals surface area contributed by atoms with Crippen molar-refractivity contribution in [3.63, 3.8) is 0 Å². The fraction of sp³-hybridized carbons (Fsp3) is 0.500. The molecule has 0 aromatic heterocycles. The second kappa shape index (κ2) is 7.36. The Labute approximate surface area is 123 Å². The van der Waals surface area contributed by atoms with Gasteiger partial charge >= 0.3 is 0 Å². The van der Waals surface area contributed by atoms with E-state index in [9.17, 15) is 0 Å². The third-order valence-electron chi connectivity index (χ3n) is 3.29. The monoisotopic (exact) mass is 298 g/mol. The molecule has 1 aliphatic heterocycles. The average molecular weight is 299 g/mol. The quantitative estimate of drug-likeness (QED) is 0.278. The van der Waals surface area contributed by atoms with Crippen molar-refractivity contribution in [2.45, 2.75) is 31.8 Å². The molecule has 5 nitrogen and oxygen atoms in total. The zero-order valence-electron chi connectivity index (χ0n) is 11.2.